The van der Waals surface area contributed by atoms with E-state index in [4.69, 9.17) is 4.74 Å². The quantitative estimate of drug-likeness (QED) is 0.690. The van der Waals surface area contributed by atoms with Gasteiger partial charge in [-0.05, 0) is 11.6 Å². The lowest BCUT2D eigenvalue weighted by molar-refractivity contribution is -0.144. The second-order valence-electron chi connectivity index (χ2n) is 5.95. The van der Waals surface area contributed by atoms with Crippen LogP contribution in [0, 0.1) is 5.92 Å². The molecule has 0 fully saturated rings. The average Bonchev–Trinajstić information content (AvgIpc) is 2.59. The Labute approximate surface area is 149 Å². The topological polar surface area (TPSA) is 104 Å². The molecule has 2 atom stereocenters. The summed E-state index contributed by atoms with van der Waals surface area (Å²) in [6, 6.07) is 4.28. The molecule has 1 aromatic carbocycles. The van der Waals surface area contributed by atoms with Crippen molar-refractivity contribution in [3.05, 3.63) is 74.1 Å². The zero-order chi connectivity index (χ0) is 19.9. The van der Waals surface area contributed by atoms with Gasteiger partial charge in [0.25, 0.3) is 5.56 Å². The van der Waals surface area contributed by atoms with Crippen LogP contribution in [0.5, 0.6) is 0 Å². The predicted molar refractivity (Wildman–Crippen MR) is 89.2 cm³/mol. The summed E-state index contributed by atoms with van der Waals surface area (Å²) in [6.07, 6.45) is -4.61. The van der Waals surface area contributed by atoms with Crippen LogP contribution in [0.15, 0.2) is 46.1 Å². The molecule has 0 spiro atoms. The highest BCUT2D eigenvalue weighted by molar-refractivity contribution is 5.81. The number of methoxy groups -OCH3 is 1. The summed E-state index contributed by atoms with van der Waals surface area (Å²) in [5.41, 5.74) is -2.52. The monoisotopic (exact) mass is 381 g/mol. The third-order valence-electron chi connectivity index (χ3n) is 4.31. The molecule has 1 aliphatic heterocycles. The van der Waals surface area contributed by atoms with E-state index in [1.165, 1.54) is 12.1 Å². The molecule has 10 heteroatoms. The molecule has 142 valence electrons. The summed E-state index contributed by atoms with van der Waals surface area (Å²) in [5, 5.41) is 2.66. The summed E-state index contributed by atoms with van der Waals surface area (Å²) >= 11 is 0. The van der Waals surface area contributed by atoms with Crippen LogP contribution in [0.2, 0.25) is 0 Å². The number of rotatable bonds is 2. The van der Waals surface area contributed by atoms with Gasteiger partial charge in [0.05, 0.1) is 18.2 Å². The van der Waals surface area contributed by atoms with Crippen LogP contribution in [0.4, 0.5) is 19.0 Å². The van der Waals surface area contributed by atoms with Crippen molar-refractivity contribution in [2.45, 2.75) is 12.1 Å². The molecule has 0 saturated carbocycles. The van der Waals surface area contributed by atoms with Gasteiger partial charge < -0.3 is 10.1 Å². The van der Waals surface area contributed by atoms with Crippen LogP contribution in [-0.4, -0.2) is 23.0 Å². The van der Waals surface area contributed by atoms with Crippen molar-refractivity contribution in [1.29, 1.82) is 0 Å². The molecule has 1 aromatic heterocycles. The van der Waals surface area contributed by atoms with Gasteiger partial charge in [-0.1, -0.05) is 24.8 Å². The third-order valence-corrected chi connectivity index (χ3v) is 4.31. The Morgan fingerprint density at radius 3 is 2.56 bits per heavy atom. The van der Waals surface area contributed by atoms with E-state index >= 15 is 0 Å². The third kappa shape index (κ3) is 3.25. The Hall–Kier alpha value is -3.30. The maximum atomic E-state index is 13.1. The zero-order valence-corrected chi connectivity index (χ0v) is 13.9. The van der Waals surface area contributed by atoms with Crippen LogP contribution < -0.4 is 16.6 Å². The smallest absolute Gasteiger partial charge is 0.416 e. The number of aromatic amines is 2. The van der Waals surface area contributed by atoms with Crippen LogP contribution in [0.3, 0.4) is 0 Å². The maximum absolute atomic E-state index is 13.1. The van der Waals surface area contributed by atoms with Crippen LogP contribution in [-0.2, 0) is 15.7 Å². The van der Waals surface area contributed by atoms with Gasteiger partial charge in [0.15, 0.2) is 0 Å². The number of nitrogens with one attached hydrogen (secondary N) is 3. The van der Waals surface area contributed by atoms with Crippen LogP contribution >= 0.6 is 0 Å². The first-order chi connectivity index (χ1) is 12.6. The highest BCUT2D eigenvalue weighted by Crippen LogP contribution is 2.42. The highest BCUT2D eigenvalue weighted by Gasteiger charge is 2.42. The lowest BCUT2D eigenvalue weighted by atomic mass is 9.77. The molecule has 0 unspecified atom stereocenters. The normalized spacial score (nSPS) is 19.2. The largest absolute Gasteiger partial charge is 0.468 e. The second-order valence-corrected chi connectivity index (χ2v) is 5.95. The molecule has 0 amide bonds. The van der Waals surface area contributed by atoms with Crippen LogP contribution in [0.25, 0.3) is 0 Å². The standard InChI is InChI=1S/C17H14F3N3O4/c1-7-10(15(25)27-2)11(8-4-3-5-9(6-8)17(18,19)20)12-13(21-7)22-16(26)23-14(12)24/h3-6,10-11H,1H2,2H3,(H3,21,22,23,24,26)/t10-,11+/m0/s1. The molecule has 3 N–H and O–H groups in total. The molecule has 7 nitrogen and oxygen atoms in total. The second kappa shape index (κ2) is 6.45. The lowest BCUT2D eigenvalue weighted by Gasteiger charge is -2.33. The van der Waals surface area contributed by atoms with E-state index in [0.717, 1.165) is 19.2 Å². The lowest BCUT2D eigenvalue weighted by Crippen LogP contribution is -2.40. The molecular weight excluding hydrogens is 367 g/mol. The summed E-state index contributed by atoms with van der Waals surface area (Å²) < 4.78 is 44.1. The Kier molecular flexibility index (Phi) is 4.42. The van der Waals surface area contributed by atoms with Gasteiger partial charge in [0.2, 0.25) is 0 Å². The van der Waals surface area contributed by atoms with Gasteiger partial charge in [-0.15, -0.1) is 0 Å². The fourth-order valence-electron chi connectivity index (χ4n) is 3.17. The fraction of sp³-hybridized carbons (Fsp3) is 0.235. The number of alkyl halides is 3. The van der Waals surface area contributed by atoms with E-state index in [1.807, 2.05) is 4.98 Å². The number of hydrogen-bond donors (Lipinski definition) is 3. The molecule has 1 aliphatic rings. The molecule has 0 saturated heterocycles. The Balaban J connectivity index is 2.29. The molecule has 27 heavy (non-hydrogen) atoms. The van der Waals surface area contributed by atoms with Gasteiger partial charge >= 0.3 is 17.8 Å². The van der Waals surface area contributed by atoms with Gasteiger partial charge in [-0.2, -0.15) is 13.2 Å². The fourth-order valence-corrected chi connectivity index (χ4v) is 3.17. The number of fused-ring (bicyclic) bond motifs is 1. The first-order valence-electron chi connectivity index (χ1n) is 7.70. The summed E-state index contributed by atoms with van der Waals surface area (Å²) in [4.78, 5) is 40.6. The summed E-state index contributed by atoms with van der Waals surface area (Å²) in [5.74, 6) is -3.12. The number of halogens is 3. The zero-order valence-electron chi connectivity index (χ0n) is 13.9. The van der Waals surface area contributed by atoms with Crippen molar-refractivity contribution < 1.29 is 22.7 Å². The number of hydrogen-bond acceptors (Lipinski definition) is 5. The predicted octanol–water partition coefficient (Wildman–Crippen LogP) is 1.94. The maximum Gasteiger partial charge on any atom is 0.416 e. The van der Waals surface area contributed by atoms with Gasteiger partial charge in [-0.25, -0.2) is 4.79 Å². The van der Waals surface area contributed by atoms with Crippen molar-refractivity contribution in [1.82, 2.24) is 9.97 Å². The number of anilines is 1. The molecule has 2 heterocycles. The van der Waals surface area contributed by atoms with Gasteiger partial charge in [0.1, 0.15) is 11.7 Å². The molecule has 3 rings (SSSR count). The van der Waals surface area contributed by atoms with Crippen molar-refractivity contribution in [3.8, 4) is 0 Å². The molecule has 0 bridgehead atoms. The van der Waals surface area contributed by atoms with E-state index in [-0.39, 0.29) is 22.6 Å². The van der Waals surface area contributed by atoms with Crippen molar-refractivity contribution >= 4 is 11.8 Å². The van der Waals surface area contributed by atoms with E-state index < -0.39 is 40.8 Å². The Bertz CT molecular complexity index is 1040. The Morgan fingerprint density at radius 2 is 1.93 bits per heavy atom. The number of ether oxygens (including phenoxy) is 1. The number of benzene rings is 1. The van der Waals surface area contributed by atoms with Crippen molar-refractivity contribution in [2.75, 3.05) is 12.4 Å². The van der Waals surface area contributed by atoms with Gasteiger partial charge in [0, 0.05) is 11.6 Å². The van der Waals surface area contributed by atoms with Crippen LogP contribution in [0.1, 0.15) is 22.6 Å². The molecular formula is C17H14F3N3O4. The number of carbonyl (C=O) groups is 1. The summed E-state index contributed by atoms with van der Waals surface area (Å²) in [7, 11) is 1.12. The molecule has 0 aliphatic carbocycles. The average molecular weight is 381 g/mol. The highest BCUT2D eigenvalue weighted by atomic mass is 19.4. The number of aromatic nitrogens is 2. The number of carbonyl (C=O) groups excluding carboxylic acids is 1. The van der Waals surface area contributed by atoms with Crippen molar-refractivity contribution in [3.63, 3.8) is 0 Å². The number of H-pyrrole nitrogens is 2. The van der Waals surface area contributed by atoms with E-state index in [0.29, 0.717) is 0 Å². The SMILES string of the molecule is C=C1Nc2[nH]c(=O)[nH]c(=O)c2[C@H](c2cccc(C(F)(F)F)c2)[C@H]1C(=O)OC. The Morgan fingerprint density at radius 1 is 1.22 bits per heavy atom. The minimum Gasteiger partial charge on any atom is -0.468 e. The molecule has 2 aromatic rings. The molecule has 0 radical (unpaired) electrons. The van der Waals surface area contributed by atoms with E-state index in [1.54, 1.807) is 0 Å². The van der Waals surface area contributed by atoms with E-state index in [2.05, 4.69) is 16.9 Å². The minimum absolute atomic E-state index is 0.0312. The van der Waals surface area contributed by atoms with Gasteiger partial charge in [-0.3, -0.25) is 19.6 Å². The van der Waals surface area contributed by atoms with E-state index in [9.17, 15) is 27.6 Å². The first kappa shape index (κ1) is 18.5. The summed E-state index contributed by atoms with van der Waals surface area (Å²) in [6.45, 7) is 3.70. The minimum atomic E-state index is -4.61. The number of esters is 1. The van der Waals surface area contributed by atoms with Crippen molar-refractivity contribution in [2.24, 2.45) is 5.92 Å². The first-order valence-corrected chi connectivity index (χ1v) is 7.70.